The molecule has 0 bridgehead atoms. The third-order valence-electron chi connectivity index (χ3n) is 2.69. The standard InChI is InChI=1S/C12H13NO2/c1-8-7-9(11-3-2-6-13-11)4-5-10(8)12(14)15/h2-7,9-10,13H,1H3,(H,14,15)/t9-,10+/m1/s1. The molecule has 1 aromatic rings. The van der Waals surface area contributed by atoms with Crippen LogP contribution in [0, 0.1) is 5.92 Å². The Morgan fingerprint density at radius 2 is 2.27 bits per heavy atom. The van der Waals surface area contributed by atoms with Crippen molar-refractivity contribution in [1.82, 2.24) is 4.98 Å². The normalized spacial score (nSPS) is 25.0. The Hall–Kier alpha value is -1.77. The summed E-state index contributed by atoms with van der Waals surface area (Å²) in [5, 5.41) is 8.93. The zero-order valence-electron chi connectivity index (χ0n) is 8.47. The van der Waals surface area contributed by atoms with Crippen molar-refractivity contribution in [1.29, 1.82) is 0 Å². The molecule has 78 valence electrons. The molecule has 0 radical (unpaired) electrons. The molecule has 3 nitrogen and oxygen atoms in total. The van der Waals surface area contributed by atoms with Gasteiger partial charge in [-0.2, -0.15) is 0 Å². The van der Waals surface area contributed by atoms with Gasteiger partial charge in [-0.15, -0.1) is 0 Å². The highest BCUT2D eigenvalue weighted by atomic mass is 16.4. The van der Waals surface area contributed by atoms with Gasteiger partial charge in [0.1, 0.15) is 0 Å². The van der Waals surface area contributed by atoms with Gasteiger partial charge in [-0.3, -0.25) is 4.79 Å². The van der Waals surface area contributed by atoms with Crippen LogP contribution in [0.5, 0.6) is 0 Å². The molecule has 2 rings (SSSR count). The predicted molar refractivity (Wildman–Crippen MR) is 57.6 cm³/mol. The number of aromatic nitrogens is 1. The minimum Gasteiger partial charge on any atom is -0.481 e. The predicted octanol–water partition coefficient (Wildman–Crippen LogP) is 2.32. The van der Waals surface area contributed by atoms with Gasteiger partial charge in [0.25, 0.3) is 0 Å². The van der Waals surface area contributed by atoms with Crippen molar-refractivity contribution in [2.75, 3.05) is 0 Å². The van der Waals surface area contributed by atoms with E-state index in [9.17, 15) is 4.79 Å². The van der Waals surface area contributed by atoms with Crippen molar-refractivity contribution in [3.05, 3.63) is 47.8 Å². The molecule has 1 heterocycles. The van der Waals surface area contributed by atoms with E-state index in [0.29, 0.717) is 0 Å². The van der Waals surface area contributed by atoms with Crippen LogP contribution in [0.15, 0.2) is 42.1 Å². The van der Waals surface area contributed by atoms with E-state index in [-0.39, 0.29) is 5.92 Å². The Labute approximate surface area is 88.1 Å². The average Bonchev–Trinajstić information content (AvgIpc) is 2.69. The van der Waals surface area contributed by atoms with Crippen molar-refractivity contribution in [3.8, 4) is 0 Å². The molecule has 0 fully saturated rings. The van der Waals surface area contributed by atoms with Gasteiger partial charge >= 0.3 is 5.97 Å². The van der Waals surface area contributed by atoms with Crippen LogP contribution in [0.4, 0.5) is 0 Å². The molecule has 0 unspecified atom stereocenters. The van der Waals surface area contributed by atoms with Crippen LogP contribution in [0.3, 0.4) is 0 Å². The van der Waals surface area contributed by atoms with E-state index in [4.69, 9.17) is 5.11 Å². The zero-order valence-corrected chi connectivity index (χ0v) is 8.47. The minimum atomic E-state index is -0.787. The van der Waals surface area contributed by atoms with Crippen molar-refractivity contribution in [2.24, 2.45) is 5.92 Å². The van der Waals surface area contributed by atoms with Gasteiger partial charge in [0.2, 0.25) is 0 Å². The van der Waals surface area contributed by atoms with Gasteiger partial charge in [0.05, 0.1) is 5.92 Å². The summed E-state index contributed by atoms with van der Waals surface area (Å²) in [4.78, 5) is 14.0. The molecule has 2 atom stereocenters. The van der Waals surface area contributed by atoms with Gasteiger partial charge in [-0.05, 0) is 19.1 Å². The first-order valence-corrected chi connectivity index (χ1v) is 4.91. The molecular formula is C12H13NO2. The summed E-state index contributed by atoms with van der Waals surface area (Å²) >= 11 is 0. The molecule has 1 aliphatic rings. The second-order valence-corrected chi connectivity index (χ2v) is 3.76. The van der Waals surface area contributed by atoms with Gasteiger partial charge in [0, 0.05) is 17.8 Å². The number of aliphatic carboxylic acids is 1. The molecule has 15 heavy (non-hydrogen) atoms. The third-order valence-corrected chi connectivity index (χ3v) is 2.69. The van der Waals surface area contributed by atoms with Crippen molar-refractivity contribution >= 4 is 5.97 Å². The summed E-state index contributed by atoms with van der Waals surface area (Å²) in [6.45, 7) is 1.86. The Morgan fingerprint density at radius 3 is 2.80 bits per heavy atom. The van der Waals surface area contributed by atoms with E-state index in [1.165, 1.54) is 0 Å². The van der Waals surface area contributed by atoms with Gasteiger partial charge in [-0.25, -0.2) is 0 Å². The zero-order chi connectivity index (χ0) is 10.8. The lowest BCUT2D eigenvalue weighted by molar-refractivity contribution is -0.138. The molecule has 2 N–H and O–H groups in total. The maximum atomic E-state index is 10.9. The first-order valence-electron chi connectivity index (χ1n) is 4.91. The molecule has 0 spiro atoms. The summed E-state index contributed by atoms with van der Waals surface area (Å²) < 4.78 is 0. The summed E-state index contributed by atoms with van der Waals surface area (Å²) in [6, 6.07) is 3.94. The van der Waals surface area contributed by atoms with Crippen molar-refractivity contribution in [2.45, 2.75) is 12.8 Å². The quantitative estimate of drug-likeness (QED) is 0.725. The fourth-order valence-electron chi connectivity index (χ4n) is 1.85. The lowest BCUT2D eigenvalue weighted by Crippen LogP contribution is -2.16. The first kappa shape index (κ1) is 9.77. The van der Waals surface area contributed by atoms with E-state index in [2.05, 4.69) is 4.98 Å². The minimum absolute atomic E-state index is 0.176. The average molecular weight is 203 g/mol. The van der Waals surface area contributed by atoms with Crippen LogP contribution in [0.25, 0.3) is 0 Å². The van der Waals surface area contributed by atoms with Crippen LogP contribution in [0.1, 0.15) is 18.5 Å². The number of allylic oxidation sites excluding steroid dienone is 2. The topological polar surface area (TPSA) is 53.1 Å². The number of nitrogens with one attached hydrogen (secondary N) is 1. The highest BCUT2D eigenvalue weighted by Crippen LogP contribution is 2.28. The Bertz CT molecular complexity index is 415. The number of carboxylic acid groups (broad SMARTS) is 1. The van der Waals surface area contributed by atoms with Crippen LogP contribution in [-0.2, 0) is 4.79 Å². The van der Waals surface area contributed by atoms with Crippen LogP contribution in [0.2, 0.25) is 0 Å². The number of carboxylic acids is 1. The number of hydrogen-bond donors (Lipinski definition) is 2. The number of rotatable bonds is 2. The molecule has 0 saturated carbocycles. The van der Waals surface area contributed by atoms with Crippen LogP contribution < -0.4 is 0 Å². The Balaban J connectivity index is 2.23. The van der Waals surface area contributed by atoms with E-state index in [1.54, 1.807) is 6.08 Å². The molecule has 0 amide bonds. The van der Waals surface area contributed by atoms with Crippen molar-refractivity contribution in [3.63, 3.8) is 0 Å². The molecular weight excluding hydrogens is 190 g/mol. The van der Waals surface area contributed by atoms with Gasteiger partial charge in [0.15, 0.2) is 0 Å². The van der Waals surface area contributed by atoms with Crippen LogP contribution >= 0.6 is 0 Å². The van der Waals surface area contributed by atoms with Crippen molar-refractivity contribution < 1.29 is 9.90 Å². The van der Waals surface area contributed by atoms with Crippen LogP contribution in [-0.4, -0.2) is 16.1 Å². The molecule has 3 heteroatoms. The Kier molecular flexibility index (Phi) is 2.46. The maximum absolute atomic E-state index is 10.9. The molecule has 0 aromatic carbocycles. The number of carbonyl (C=O) groups is 1. The van der Waals surface area contributed by atoms with E-state index >= 15 is 0 Å². The van der Waals surface area contributed by atoms with Gasteiger partial charge < -0.3 is 10.1 Å². The highest BCUT2D eigenvalue weighted by Gasteiger charge is 2.21. The van der Waals surface area contributed by atoms with Gasteiger partial charge in [-0.1, -0.05) is 23.8 Å². The second kappa shape index (κ2) is 3.77. The second-order valence-electron chi connectivity index (χ2n) is 3.76. The Morgan fingerprint density at radius 1 is 1.47 bits per heavy atom. The number of hydrogen-bond acceptors (Lipinski definition) is 1. The monoisotopic (exact) mass is 203 g/mol. The SMILES string of the molecule is CC1=C[C@H](c2ccc[nH]2)C=C[C@@H]1C(=O)O. The highest BCUT2D eigenvalue weighted by molar-refractivity contribution is 5.76. The maximum Gasteiger partial charge on any atom is 0.314 e. The summed E-state index contributed by atoms with van der Waals surface area (Å²) in [6.07, 6.45) is 7.54. The fraction of sp³-hybridized carbons (Fsp3) is 0.250. The summed E-state index contributed by atoms with van der Waals surface area (Å²) in [5.41, 5.74) is 1.99. The molecule has 1 aromatic heterocycles. The summed E-state index contributed by atoms with van der Waals surface area (Å²) in [7, 11) is 0. The molecule has 0 aliphatic heterocycles. The number of aromatic amines is 1. The van der Waals surface area contributed by atoms with E-state index in [0.717, 1.165) is 11.3 Å². The number of H-pyrrole nitrogens is 1. The van der Waals surface area contributed by atoms with E-state index in [1.807, 2.05) is 37.4 Å². The van der Waals surface area contributed by atoms with E-state index < -0.39 is 11.9 Å². The molecule has 1 aliphatic carbocycles. The third kappa shape index (κ3) is 1.86. The summed E-state index contributed by atoms with van der Waals surface area (Å²) in [5.74, 6) is -1.07. The largest absolute Gasteiger partial charge is 0.481 e. The first-order chi connectivity index (χ1) is 7.18. The molecule has 0 saturated heterocycles. The lowest BCUT2D eigenvalue weighted by Gasteiger charge is -2.17. The lowest BCUT2D eigenvalue weighted by atomic mass is 9.88. The smallest absolute Gasteiger partial charge is 0.314 e. The fourth-order valence-corrected chi connectivity index (χ4v) is 1.85.